The highest BCUT2D eigenvalue weighted by Crippen LogP contribution is 2.23. The highest BCUT2D eigenvalue weighted by molar-refractivity contribution is 6.01. The Kier molecular flexibility index (Phi) is 3.61. The lowest BCUT2D eigenvalue weighted by molar-refractivity contribution is -0.130. The van der Waals surface area contributed by atoms with Crippen LogP contribution in [0.5, 0.6) is 0 Å². The van der Waals surface area contributed by atoms with Gasteiger partial charge in [-0.2, -0.15) is 0 Å². The summed E-state index contributed by atoms with van der Waals surface area (Å²) in [6, 6.07) is 9.65. The molecule has 1 aliphatic rings. The third-order valence-electron chi connectivity index (χ3n) is 3.67. The van der Waals surface area contributed by atoms with Crippen molar-refractivity contribution in [2.45, 2.75) is 19.4 Å². The first kappa shape index (κ1) is 14.0. The number of nitrogens with one attached hydrogen (secondary N) is 2. The van der Waals surface area contributed by atoms with E-state index in [1.807, 2.05) is 44.2 Å². The number of benzene rings is 1. The van der Waals surface area contributed by atoms with Gasteiger partial charge in [0.2, 0.25) is 5.91 Å². The molecule has 5 nitrogen and oxygen atoms in total. The van der Waals surface area contributed by atoms with Crippen molar-refractivity contribution in [1.82, 2.24) is 10.3 Å². The largest absolute Gasteiger partial charge is 0.363 e. The van der Waals surface area contributed by atoms with Gasteiger partial charge in [-0.3, -0.25) is 9.78 Å². The van der Waals surface area contributed by atoms with E-state index in [1.165, 1.54) is 0 Å². The first-order chi connectivity index (χ1) is 10.1. The fourth-order valence-corrected chi connectivity index (χ4v) is 2.42. The van der Waals surface area contributed by atoms with Gasteiger partial charge in [-0.15, -0.1) is 0 Å². The number of carbonyl (C=O) groups is 1. The number of nitrogens with zero attached hydrogens (tertiary/aromatic N) is 1. The average Bonchev–Trinajstić information content (AvgIpc) is 2.43. The molecule has 1 amide bonds. The molecule has 1 aromatic carbocycles. The Labute approximate surface area is 123 Å². The number of aryl methyl sites for hydroxylation is 1. The minimum Gasteiger partial charge on any atom is -0.363 e. The van der Waals surface area contributed by atoms with Crippen LogP contribution in [0.15, 0.2) is 30.3 Å². The minimum absolute atomic E-state index is 0.0634. The number of anilines is 1. The van der Waals surface area contributed by atoms with Gasteiger partial charge in [0.15, 0.2) is 0 Å². The molecule has 21 heavy (non-hydrogen) atoms. The molecule has 2 heterocycles. The molecule has 110 valence electrons. The number of rotatable bonds is 4. The number of hydrogen-bond acceptors (Lipinski definition) is 4. The molecule has 3 rings (SSSR count). The average molecular weight is 285 g/mol. The second kappa shape index (κ2) is 5.42. The Morgan fingerprint density at radius 1 is 1.43 bits per heavy atom. The fraction of sp³-hybridized carbons (Fsp3) is 0.375. The van der Waals surface area contributed by atoms with E-state index in [-0.39, 0.29) is 18.1 Å². The quantitative estimate of drug-likeness (QED) is 0.900. The van der Waals surface area contributed by atoms with Crippen molar-refractivity contribution in [1.29, 1.82) is 0 Å². The Morgan fingerprint density at radius 2 is 2.19 bits per heavy atom. The molecule has 0 atom stereocenters. The van der Waals surface area contributed by atoms with Crippen LogP contribution < -0.4 is 10.6 Å². The van der Waals surface area contributed by atoms with Gasteiger partial charge < -0.3 is 15.4 Å². The van der Waals surface area contributed by atoms with E-state index in [0.717, 1.165) is 35.4 Å². The van der Waals surface area contributed by atoms with Gasteiger partial charge in [0.1, 0.15) is 6.61 Å². The number of aromatic nitrogens is 1. The van der Waals surface area contributed by atoms with E-state index in [1.54, 1.807) is 0 Å². The third-order valence-corrected chi connectivity index (χ3v) is 3.67. The summed E-state index contributed by atoms with van der Waals surface area (Å²) in [4.78, 5) is 16.5. The van der Waals surface area contributed by atoms with Crippen LogP contribution in [0.4, 0.5) is 5.69 Å². The van der Waals surface area contributed by atoms with Crippen LogP contribution in [0.1, 0.15) is 12.6 Å². The van der Waals surface area contributed by atoms with Crippen LogP contribution in [-0.4, -0.2) is 36.2 Å². The first-order valence-electron chi connectivity index (χ1n) is 7.07. The van der Waals surface area contributed by atoms with Crippen LogP contribution in [0.2, 0.25) is 0 Å². The summed E-state index contributed by atoms with van der Waals surface area (Å²) in [6.45, 7) is 5.56. The van der Waals surface area contributed by atoms with Crippen LogP contribution >= 0.6 is 0 Å². The van der Waals surface area contributed by atoms with Crippen molar-refractivity contribution >= 4 is 22.5 Å². The summed E-state index contributed by atoms with van der Waals surface area (Å²) in [7, 11) is 0. The lowest BCUT2D eigenvalue weighted by Gasteiger charge is -2.38. The maximum absolute atomic E-state index is 12.1. The van der Waals surface area contributed by atoms with Crippen LogP contribution in [0.25, 0.3) is 10.9 Å². The summed E-state index contributed by atoms with van der Waals surface area (Å²) in [5, 5.41) is 7.00. The van der Waals surface area contributed by atoms with E-state index >= 15 is 0 Å². The number of pyridine rings is 1. The molecule has 0 radical (unpaired) electrons. The lowest BCUT2D eigenvalue weighted by atomic mass is 10.0. The molecule has 1 saturated heterocycles. The van der Waals surface area contributed by atoms with Gasteiger partial charge in [0, 0.05) is 24.2 Å². The van der Waals surface area contributed by atoms with Crippen LogP contribution in [0, 0.1) is 6.92 Å². The van der Waals surface area contributed by atoms with Crippen LogP contribution in [0.3, 0.4) is 0 Å². The van der Waals surface area contributed by atoms with E-state index in [9.17, 15) is 4.79 Å². The molecular formula is C16H19N3O2. The second-order valence-electron chi connectivity index (χ2n) is 5.72. The summed E-state index contributed by atoms with van der Waals surface area (Å²) < 4.78 is 5.65. The van der Waals surface area contributed by atoms with Gasteiger partial charge >= 0.3 is 0 Å². The normalized spacial score (nSPS) is 16.5. The maximum Gasteiger partial charge on any atom is 0.250 e. The molecule has 0 aliphatic carbocycles. The summed E-state index contributed by atoms with van der Waals surface area (Å²) in [5.74, 6) is -0.140. The monoisotopic (exact) mass is 285 g/mol. The highest BCUT2D eigenvalue weighted by Gasteiger charge is 2.33. The van der Waals surface area contributed by atoms with E-state index in [4.69, 9.17) is 4.74 Å². The van der Waals surface area contributed by atoms with Gasteiger partial charge in [-0.1, -0.05) is 18.2 Å². The molecule has 0 spiro atoms. The predicted octanol–water partition coefficient (Wildman–Crippen LogP) is 1.86. The predicted molar refractivity (Wildman–Crippen MR) is 82.3 cm³/mol. The molecule has 2 aromatic rings. The molecule has 0 saturated carbocycles. The minimum atomic E-state index is -0.215. The summed E-state index contributed by atoms with van der Waals surface area (Å²) in [6.07, 6.45) is 0. The number of hydrogen-bond donors (Lipinski definition) is 2. The summed E-state index contributed by atoms with van der Waals surface area (Å²) >= 11 is 0. The fourth-order valence-electron chi connectivity index (χ4n) is 2.42. The molecule has 5 heteroatoms. The first-order valence-corrected chi connectivity index (χ1v) is 7.07. The zero-order valence-corrected chi connectivity index (χ0v) is 12.3. The second-order valence-corrected chi connectivity index (χ2v) is 5.72. The molecule has 1 fully saturated rings. The van der Waals surface area contributed by atoms with Crippen molar-refractivity contribution in [3.8, 4) is 0 Å². The van der Waals surface area contributed by atoms with Crippen molar-refractivity contribution in [2.24, 2.45) is 0 Å². The van der Waals surface area contributed by atoms with Crippen molar-refractivity contribution in [3.05, 3.63) is 36.0 Å². The van der Waals surface area contributed by atoms with E-state index in [0.29, 0.717) is 0 Å². The Balaban J connectivity index is 1.73. The topological polar surface area (TPSA) is 63.2 Å². The summed E-state index contributed by atoms with van der Waals surface area (Å²) in [5.41, 5.74) is 2.32. The van der Waals surface area contributed by atoms with Gasteiger partial charge in [0.05, 0.1) is 16.8 Å². The standard InChI is InChI=1S/C16H19N3O2/c1-11-7-14(12-5-3-4-6-13(12)18-11)19-15(20)8-21-16(2)9-17-10-16/h3-7,17H,8-10H2,1-2H3,(H,18,19,20). The van der Waals surface area contributed by atoms with Gasteiger partial charge in [-0.05, 0) is 26.0 Å². The molecule has 1 aromatic heterocycles. The van der Waals surface area contributed by atoms with Crippen molar-refractivity contribution in [3.63, 3.8) is 0 Å². The van der Waals surface area contributed by atoms with Crippen molar-refractivity contribution < 1.29 is 9.53 Å². The molecule has 0 unspecified atom stereocenters. The number of fused-ring (bicyclic) bond motifs is 1. The highest BCUT2D eigenvalue weighted by atomic mass is 16.5. The number of ether oxygens (including phenoxy) is 1. The number of para-hydroxylation sites is 1. The maximum atomic E-state index is 12.1. The molecule has 1 aliphatic heterocycles. The van der Waals surface area contributed by atoms with Gasteiger partial charge in [0.25, 0.3) is 0 Å². The lowest BCUT2D eigenvalue weighted by Crippen LogP contribution is -2.59. The Hall–Kier alpha value is -1.98. The van der Waals surface area contributed by atoms with E-state index < -0.39 is 0 Å². The SMILES string of the molecule is Cc1cc(NC(=O)COC2(C)CNC2)c2ccccc2n1. The number of amides is 1. The smallest absolute Gasteiger partial charge is 0.250 e. The van der Waals surface area contributed by atoms with Crippen molar-refractivity contribution in [2.75, 3.05) is 25.0 Å². The number of carbonyl (C=O) groups excluding carboxylic acids is 1. The zero-order valence-electron chi connectivity index (χ0n) is 12.3. The Morgan fingerprint density at radius 3 is 2.90 bits per heavy atom. The molecule has 0 bridgehead atoms. The van der Waals surface area contributed by atoms with Crippen LogP contribution in [-0.2, 0) is 9.53 Å². The third kappa shape index (κ3) is 3.04. The van der Waals surface area contributed by atoms with Gasteiger partial charge in [-0.25, -0.2) is 0 Å². The zero-order chi connectivity index (χ0) is 14.9. The Bertz CT molecular complexity index is 680. The molecule has 2 N–H and O–H groups in total. The molecular weight excluding hydrogens is 266 g/mol. The van der Waals surface area contributed by atoms with E-state index in [2.05, 4.69) is 15.6 Å².